The fraction of sp³-hybridized carbons (Fsp3) is 0.615. The van der Waals surface area contributed by atoms with Crippen LogP contribution >= 0.6 is 0 Å². The molecule has 2 aromatic rings. The predicted molar refractivity (Wildman–Crippen MR) is 76.1 cm³/mol. The van der Waals surface area contributed by atoms with Crippen LogP contribution in [0.1, 0.15) is 31.4 Å². The van der Waals surface area contributed by atoms with Crippen LogP contribution in [0.4, 0.5) is 0 Å². The third-order valence-corrected chi connectivity index (χ3v) is 3.05. The second-order valence-corrected chi connectivity index (χ2v) is 5.02. The first-order valence-electron chi connectivity index (χ1n) is 6.86. The predicted octanol–water partition coefficient (Wildman–Crippen LogP) is 1.08. The molecular weight excluding hydrogens is 256 g/mol. The maximum Gasteiger partial charge on any atom is 0.276 e. The first kappa shape index (κ1) is 14.7. The average Bonchev–Trinajstić information content (AvgIpc) is 3.03. The topological polar surface area (TPSA) is 86.0 Å². The van der Waals surface area contributed by atoms with Crippen LogP contribution in [0.5, 0.6) is 0 Å². The Kier molecular flexibility index (Phi) is 4.51. The summed E-state index contributed by atoms with van der Waals surface area (Å²) < 4.78 is 7.20. The van der Waals surface area contributed by atoms with Gasteiger partial charge in [-0.05, 0) is 33.5 Å². The molecule has 110 valence electrons. The van der Waals surface area contributed by atoms with E-state index in [9.17, 15) is 0 Å². The molecule has 0 spiro atoms. The van der Waals surface area contributed by atoms with E-state index in [2.05, 4.69) is 22.2 Å². The summed E-state index contributed by atoms with van der Waals surface area (Å²) >= 11 is 0. The highest BCUT2D eigenvalue weighted by atomic mass is 16.5. The minimum atomic E-state index is -0.258. The Hall–Kier alpha value is -1.73. The zero-order chi connectivity index (χ0) is 14.7. The van der Waals surface area contributed by atoms with Crippen LogP contribution in [0.3, 0.4) is 0 Å². The SMILES string of the molecule is CCc1cc(-c2nc(C(N)CN(C)C)no2)n(CC)n1. The number of likely N-dealkylation sites (N-methyl/N-ethyl adjacent to an activating group) is 1. The van der Waals surface area contributed by atoms with E-state index < -0.39 is 0 Å². The van der Waals surface area contributed by atoms with Gasteiger partial charge in [-0.3, -0.25) is 4.68 Å². The Morgan fingerprint density at radius 3 is 2.75 bits per heavy atom. The van der Waals surface area contributed by atoms with Gasteiger partial charge in [0.2, 0.25) is 0 Å². The van der Waals surface area contributed by atoms with E-state index in [0.29, 0.717) is 18.3 Å². The molecule has 1 atom stereocenters. The Balaban J connectivity index is 2.26. The van der Waals surface area contributed by atoms with Gasteiger partial charge in [0.1, 0.15) is 5.69 Å². The molecule has 2 N–H and O–H groups in total. The van der Waals surface area contributed by atoms with E-state index in [-0.39, 0.29) is 6.04 Å². The van der Waals surface area contributed by atoms with E-state index in [1.807, 2.05) is 36.7 Å². The van der Waals surface area contributed by atoms with E-state index in [4.69, 9.17) is 10.3 Å². The van der Waals surface area contributed by atoms with Gasteiger partial charge in [0, 0.05) is 13.1 Å². The molecule has 7 nitrogen and oxygen atoms in total. The molecule has 0 amide bonds. The number of hydrogen-bond donors (Lipinski definition) is 1. The molecule has 0 aliphatic rings. The number of nitrogens with two attached hydrogens (primary N) is 1. The fourth-order valence-electron chi connectivity index (χ4n) is 2.02. The summed E-state index contributed by atoms with van der Waals surface area (Å²) in [7, 11) is 3.92. The van der Waals surface area contributed by atoms with Crippen molar-refractivity contribution in [2.45, 2.75) is 32.9 Å². The first-order chi connectivity index (χ1) is 9.55. The van der Waals surface area contributed by atoms with Crippen molar-refractivity contribution >= 4 is 0 Å². The van der Waals surface area contributed by atoms with E-state index in [1.165, 1.54) is 0 Å². The number of hydrogen-bond acceptors (Lipinski definition) is 6. The van der Waals surface area contributed by atoms with Crippen molar-refractivity contribution < 1.29 is 4.52 Å². The molecule has 2 heterocycles. The zero-order valence-electron chi connectivity index (χ0n) is 12.5. The minimum absolute atomic E-state index is 0.258. The number of aryl methyl sites for hydroxylation is 2. The lowest BCUT2D eigenvalue weighted by Crippen LogP contribution is -2.26. The van der Waals surface area contributed by atoms with Crippen molar-refractivity contribution in [2.24, 2.45) is 5.73 Å². The Morgan fingerprint density at radius 2 is 2.15 bits per heavy atom. The highest BCUT2D eigenvalue weighted by Gasteiger charge is 2.19. The van der Waals surface area contributed by atoms with Crippen molar-refractivity contribution in [3.05, 3.63) is 17.6 Å². The number of nitrogens with zero attached hydrogens (tertiary/aromatic N) is 5. The molecule has 0 aromatic carbocycles. The summed E-state index contributed by atoms with van der Waals surface area (Å²) in [5.74, 6) is 0.999. The maximum atomic E-state index is 6.04. The van der Waals surface area contributed by atoms with Crippen LogP contribution in [0.2, 0.25) is 0 Å². The van der Waals surface area contributed by atoms with Gasteiger partial charge < -0.3 is 15.2 Å². The number of aromatic nitrogens is 4. The normalized spacial score (nSPS) is 13.1. The molecule has 7 heteroatoms. The highest BCUT2D eigenvalue weighted by Crippen LogP contribution is 2.20. The van der Waals surface area contributed by atoms with Crippen LogP contribution in [0.15, 0.2) is 10.6 Å². The lowest BCUT2D eigenvalue weighted by atomic mass is 10.3. The Labute approximate surface area is 118 Å². The van der Waals surface area contributed by atoms with E-state index >= 15 is 0 Å². The third kappa shape index (κ3) is 3.05. The number of rotatable bonds is 6. The summed E-state index contributed by atoms with van der Waals surface area (Å²) in [4.78, 5) is 6.39. The third-order valence-electron chi connectivity index (χ3n) is 3.05. The summed E-state index contributed by atoms with van der Waals surface area (Å²) in [6, 6.07) is 1.73. The molecule has 0 aliphatic carbocycles. The monoisotopic (exact) mass is 278 g/mol. The largest absolute Gasteiger partial charge is 0.332 e. The second kappa shape index (κ2) is 6.15. The second-order valence-electron chi connectivity index (χ2n) is 5.02. The van der Waals surface area contributed by atoms with Gasteiger partial charge >= 0.3 is 0 Å². The molecule has 20 heavy (non-hydrogen) atoms. The Bertz CT molecular complexity index is 559. The van der Waals surface area contributed by atoms with E-state index in [1.54, 1.807) is 0 Å². The van der Waals surface area contributed by atoms with Crippen molar-refractivity contribution in [3.63, 3.8) is 0 Å². The minimum Gasteiger partial charge on any atom is -0.332 e. The van der Waals surface area contributed by atoms with Crippen LogP contribution in [-0.4, -0.2) is 45.5 Å². The lowest BCUT2D eigenvalue weighted by Gasteiger charge is -2.12. The molecule has 0 saturated carbocycles. The van der Waals surface area contributed by atoms with Crippen molar-refractivity contribution in [2.75, 3.05) is 20.6 Å². The molecule has 0 saturated heterocycles. The van der Waals surface area contributed by atoms with Crippen LogP contribution in [0.25, 0.3) is 11.6 Å². The summed E-state index contributed by atoms with van der Waals surface area (Å²) in [5, 5.41) is 8.45. The maximum absolute atomic E-state index is 6.04. The fourth-order valence-corrected chi connectivity index (χ4v) is 2.02. The molecule has 2 rings (SSSR count). The summed E-state index contributed by atoms with van der Waals surface area (Å²) in [6.45, 7) is 5.53. The molecule has 0 fully saturated rings. The van der Waals surface area contributed by atoms with Gasteiger partial charge in [-0.15, -0.1) is 0 Å². The first-order valence-corrected chi connectivity index (χ1v) is 6.86. The molecule has 1 unspecified atom stereocenters. The van der Waals surface area contributed by atoms with Crippen molar-refractivity contribution in [1.29, 1.82) is 0 Å². The molecular formula is C13H22N6O. The van der Waals surface area contributed by atoms with E-state index in [0.717, 1.165) is 24.4 Å². The average molecular weight is 278 g/mol. The molecule has 0 aliphatic heterocycles. The standard InChI is InChI=1S/C13H22N6O/c1-5-9-7-11(19(6-2)16-9)13-15-12(17-20-13)10(14)8-18(3)4/h7,10H,5-6,8,14H2,1-4H3. The van der Waals surface area contributed by atoms with Gasteiger partial charge in [-0.1, -0.05) is 12.1 Å². The summed E-state index contributed by atoms with van der Waals surface area (Å²) in [6.07, 6.45) is 0.876. The van der Waals surface area contributed by atoms with Gasteiger partial charge in [0.25, 0.3) is 5.89 Å². The quantitative estimate of drug-likeness (QED) is 0.851. The van der Waals surface area contributed by atoms with Crippen molar-refractivity contribution in [3.8, 4) is 11.6 Å². The van der Waals surface area contributed by atoms with Gasteiger partial charge in [-0.25, -0.2) is 0 Å². The molecule has 0 radical (unpaired) electrons. The molecule has 0 bridgehead atoms. The summed E-state index contributed by atoms with van der Waals surface area (Å²) in [5.41, 5.74) is 7.90. The van der Waals surface area contributed by atoms with Crippen LogP contribution < -0.4 is 5.73 Å². The lowest BCUT2D eigenvalue weighted by molar-refractivity contribution is 0.356. The van der Waals surface area contributed by atoms with Gasteiger partial charge in [0.05, 0.1) is 11.7 Å². The van der Waals surface area contributed by atoms with Gasteiger partial charge in [-0.2, -0.15) is 10.1 Å². The Morgan fingerprint density at radius 1 is 1.40 bits per heavy atom. The zero-order valence-corrected chi connectivity index (χ0v) is 12.5. The van der Waals surface area contributed by atoms with Crippen LogP contribution in [0, 0.1) is 0 Å². The highest BCUT2D eigenvalue weighted by molar-refractivity contribution is 5.48. The molecule has 2 aromatic heterocycles. The van der Waals surface area contributed by atoms with Gasteiger partial charge in [0.15, 0.2) is 5.82 Å². The van der Waals surface area contributed by atoms with Crippen molar-refractivity contribution in [1.82, 2.24) is 24.8 Å². The van der Waals surface area contributed by atoms with Crippen LogP contribution in [-0.2, 0) is 13.0 Å². The smallest absolute Gasteiger partial charge is 0.276 e.